The van der Waals surface area contributed by atoms with Gasteiger partial charge in [0.2, 0.25) is 0 Å². The van der Waals surface area contributed by atoms with Crippen molar-refractivity contribution in [3.05, 3.63) is 100.0 Å². The molecule has 0 saturated carbocycles. The Hall–Kier alpha value is -3.35. The van der Waals surface area contributed by atoms with Crippen molar-refractivity contribution in [2.75, 3.05) is 18.5 Å². The Kier molecular flexibility index (Phi) is 7.28. The van der Waals surface area contributed by atoms with Crippen molar-refractivity contribution in [2.24, 2.45) is 5.73 Å². The molecule has 0 radical (unpaired) electrons. The van der Waals surface area contributed by atoms with Crippen LogP contribution < -0.4 is 16.4 Å². The molecule has 0 spiro atoms. The number of benzene rings is 3. The Balaban J connectivity index is 1.84. The molecule has 3 aromatic carbocycles. The number of aliphatic hydroxyl groups excluding tert-OH is 1. The summed E-state index contributed by atoms with van der Waals surface area (Å²) in [5, 5.41) is 15.2. The molecule has 31 heavy (non-hydrogen) atoms. The summed E-state index contributed by atoms with van der Waals surface area (Å²) >= 11 is 6.41. The number of rotatable bonds is 8. The monoisotopic (exact) mass is 439 g/mol. The van der Waals surface area contributed by atoms with E-state index in [1.165, 1.54) is 12.1 Å². The molecular formula is C24H23ClFN3O2. The second-order valence-electron chi connectivity index (χ2n) is 6.96. The van der Waals surface area contributed by atoms with Gasteiger partial charge in [0, 0.05) is 35.2 Å². The average Bonchev–Trinajstić information content (AvgIpc) is 2.75. The highest BCUT2D eigenvalue weighted by atomic mass is 35.5. The van der Waals surface area contributed by atoms with Gasteiger partial charge in [-0.1, -0.05) is 23.7 Å². The lowest BCUT2D eigenvalue weighted by molar-refractivity contribution is 0.103. The second kappa shape index (κ2) is 10.1. The van der Waals surface area contributed by atoms with Crippen molar-refractivity contribution < 1.29 is 14.3 Å². The maximum Gasteiger partial charge on any atom is 0.194 e. The van der Waals surface area contributed by atoms with Crippen molar-refractivity contribution in [3.8, 4) is 0 Å². The van der Waals surface area contributed by atoms with Gasteiger partial charge in [0.1, 0.15) is 5.82 Å². The number of anilines is 2. The molecular weight excluding hydrogens is 417 g/mol. The van der Waals surface area contributed by atoms with Gasteiger partial charge in [-0.25, -0.2) is 4.39 Å². The first-order valence-electron chi connectivity index (χ1n) is 9.67. The summed E-state index contributed by atoms with van der Waals surface area (Å²) in [6.07, 6.45) is 1.60. The third-order valence-corrected chi connectivity index (χ3v) is 4.99. The van der Waals surface area contributed by atoms with Crippen LogP contribution in [0.2, 0.25) is 5.02 Å². The zero-order valence-corrected chi connectivity index (χ0v) is 17.7. The van der Waals surface area contributed by atoms with E-state index in [-0.39, 0.29) is 18.2 Å². The largest absolute Gasteiger partial charge is 0.397 e. The zero-order chi connectivity index (χ0) is 22.4. The summed E-state index contributed by atoms with van der Waals surface area (Å²) in [4.78, 5) is 13.2. The van der Waals surface area contributed by atoms with Crippen LogP contribution >= 0.6 is 11.6 Å². The summed E-state index contributed by atoms with van der Waals surface area (Å²) in [7, 11) is 0. The minimum Gasteiger partial charge on any atom is -0.397 e. The highest BCUT2D eigenvalue weighted by molar-refractivity contribution is 6.35. The van der Waals surface area contributed by atoms with Crippen LogP contribution in [0.15, 0.2) is 66.9 Å². The van der Waals surface area contributed by atoms with Gasteiger partial charge < -0.3 is 21.5 Å². The number of hydrogen-bond donors (Lipinski definition) is 4. The van der Waals surface area contributed by atoms with Crippen LogP contribution in [-0.4, -0.2) is 24.0 Å². The van der Waals surface area contributed by atoms with Crippen molar-refractivity contribution in [2.45, 2.75) is 6.92 Å². The minimum atomic E-state index is -0.318. The Morgan fingerprint density at radius 2 is 1.77 bits per heavy atom. The lowest BCUT2D eigenvalue weighted by Crippen LogP contribution is -2.14. The molecule has 0 amide bonds. The van der Waals surface area contributed by atoms with Gasteiger partial charge >= 0.3 is 0 Å². The molecule has 0 aromatic heterocycles. The number of nitrogens with one attached hydrogen (secondary N) is 2. The number of halogens is 2. The van der Waals surface area contributed by atoms with Crippen molar-refractivity contribution in [1.82, 2.24) is 5.32 Å². The first-order chi connectivity index (χ1) is 14.9. The Morgan fingerprint density at radius 1 is 1.06 bits per heavy atom. The van der Waals surface area contributed by atoms with Gasteiger partial charge in [-0.15, -0.1) is 0 Å². The fourth-order valence-corrected chi connectivity index (χ4v) is 3.26. The molecule has 0 heterocycles. The first kappa shape index (κ1) is 22.3. The van der Waals surface area contributed by atoms with Gasteiger partial charge in [0.05, 0.1) is 17.3 Å². The molecule has 3 rings (SSSR count). The van der Waals surface area contributed by atoms with E-state index in [9.17, 15) is 9.18 Å². The molecule has 160 valence electrons. The molecule has 0 bridgehead atoms. The summed E-state index contributed by atoms with van der Waals surface area (Å²) < 4.78 is 13.1. The number of nitrogens with two attached hydrogens (primary N) is 1. The maximum absolute atomic E-state index is 13.2. The van der Waals surface area contributed by atoms with Crippen LogP contribution in [0.1, 0.15) is 27.0 Å². The Bertz CT molecular complexity index is 1110. The standard InChI is InChI=1S/C24H23ClFN3O2/c1-15-2-3-16(23(27)14-28-10-11-30)12-21(15)24(31)20-9-8-19(13-22(20)25)29-18-6-4-17(26)5-7-18/h2-9,12-14,28-30H,10-11,27H2,1H3/b23-14-. The number of ketones is 1. The molecule has 0 fully saturated rings. The number of carbonyl (C=O) groups excluding carboxylic acids is 1. The van der Waals surface area contributed by atoms with Gasteiger partial charge in [-0.2, -0.15) is 0 Å². The zero-order valence-electron chi connectivity index (χ0n) is 17.0. The summed E-state index contributed by atoms with van der Waals surface area (Å²) in [6, 6.07) is 16.4. The van der Waals surface area contributed by atoms with Crippen LogP contribution in [0.5, 0.6) is 0 Å². The SMILES string of the molecule is Cc1ccc(/C(N)=C/NCCO)cc1C(=O)c1ccc(Nc2ccc(F)cc2)cc1Cl. The topological polar surface area (TPSA) is 87.4 Å². The van der Waals surface area contributed by atoms with E-state index in [1.54, 1.807) is 42.6 Å². The molecule has 0 unspecified atom stereocenters. The van der Waals surface area contributed by atoms with Crippen molar-refractivity contribution >= 4 is 34.5 Å². The molecule has 0 aliphatic heterocycles. The minimum absolute atomic E-state index is 0.00801. The summed E-state index contributed by atoms with van der Waals surface area (Å²) in [6.45, 7) is 2.22. The summed E-state index contributed by atoms with van der Waals surface area (Å²) in [5.41, 5.74) is 10.3. The predicted molar refractivity (Wildman–Crippen MR) is 123 cm³/mol. The number of hydrogen-bond acceptors (Lipinski definition) is 5. The van der Waals surface area contributed by atoms with Crippen LogP contribution in [0.25, 0.3) is 5.70 Å². The number of aryl methyl sites for hydroxylation is 1. The highest BCUT2D eigenvalue weighted by Crippen LogP contribution is 2.27. The molecule has 0 saturated heterocycles. The Labute approximate surface area is 185 Å². The van der Waals surface area contributed by atoms with E-state index >= 15 is 0 Å². The van der Waals surface area contributed by atoms with Crippen LogP contribution in [0, 0.1) is 12.7 Å². The van der Waals surface area contributed by atoms with Gasteiger partial charge in [-0.05, 0) is 66.6 Å². The first-order valence-corrected chi connectivity index (χ1v) is 10.0. The maximum atomic E-state index is 13.2. The normalized spacial score (nSPS) is 11.3. The number of aliphatic hydroxyl groups is 1. The predicted octanol–water partition coefficient (Wildman–Crippen LogP) is 4.60. The highest BCUT2D eigenvalue weighted by Gasteiger charge is 2.16. The molecule has 0 aliphatic rings. The lowest BCUT2D eigenvalue weighted by Gasteiger charge is -2.12. The number of carbonyl (C=O) groups is 1. The fraction of sp³-hybridized carbons (Fsp3) is 0.125. The molecule has 5 nitrogen and oxygen atoms in total. The Morgan fingerprint density at radius 3 is 2.45 bits per heavy atom. The van der Waals surface area contributed by atoms with Crippen molar-refractivity contribution in [1.29, 1.82) is 0 Å². The van der Waals surface area contributed by atoms with E-state index in [2.05, 4.69) is 10.6 Å². The van der Waals surface area contributed by atoms with Gasteiger partial charge in [0.15, 0.2) is 5.78 Å². The summed E-state index contributed by atoms with van der Waals surface area (Å²) in [5.74, 6) is -0.532. The quantitative estimate of drug-likeness (QED) is 0.304. The molecule has 7 heteroatoms. The third-order valence-electron chi connectivity index (χ3n) is 4.68. The second-order valence-corrected chi connectivity index (χ2v) is 7.37. The van der Waals surface area contributed by atoms with E-state index in [0.717, 1.165) is 5.56 Å². The lowest BCUT2D eigenvalue weighted by atomic mass is 9.96. The van der Waals surface area contributed by atoms with Gasteiger partial charge in [0.25, 0.3) is 0 Å². The van der Waals surface area contributed by atoms with Crippen LogP contribution in [0.3, 0.4) is 0 Å². The van der Waals surface area contributed by atoms with E-state index < -0.39 is 0 Å². The molecule has 3 aromatic rings. The molecule has 0 atom stereocenters. The molecule has 5 N–H and O–H groups in total. The fourth-order valence-electron chi connectivity index (χ4n) is 3.00. The van der Waals surface area contributed by atoms with E-state index in [0.29, 0.717) is 45.3 Å². The van der Waals surface area contributed by atoms with E-state index in [1.807, 2.05) is 19.1 Å². The molecule has 0 aliphatic carbocycles. The van der Waals surface area contributed by atoms with Crippen molar-refractivity contribution in [3.63, 3.8) is 0 Å². The van der Waals surface area contributed by atoms with Crippen LogP contribution in [0.4, 0.5) is 15.8 Å². The average molecular weight is 440 g/mol. The van der Waals surface area contributed by atoms with Crippen LogP contribution in [-0.2, 0) is 0 Å². The smallest absolute Gasteiger partial charge is 0.194 e. The third kappa shape index (κ3) is 5.63. The van der Waals surface area contributed by atoms with Gasteiger partial charge in [-0.3, -0.25) is 4.79 Å². The van der Waals surface area contributed by atoms with E-state index in [4.69, 9.17) is 22.4 Å².